The third-order valence-electron chi connectivity index (χ3n) is 9.90. The van der Waals surface area contributed by atoms with Gasteiger partial charge in [0.25, 0.3) is 0 Å². The number of nitrogens with one attached hydrogen (secondary N) is 1. The minimum Gasteiger partial charge on any atom is -0.475 e. The SMILES string of the molecule is CN1CCN(CCCN(Cc2ccc(-c3ccc(CNC4CCCC4)cc3)cc2)C(=O)CCC2CCCC2)CC1.O=C(O)C(F)(F)F. The molecular weight excluding hydrogens is 605 g/mol. The highest BCUT2D eigenvalue weighted by Crippen LogP contribution is 2.29. The van der Waals surface area contributed by atoms with Crippen molar-refractivity contribution in [3.05, 3.63) is 59.7 Å². The molecule has 0 bridgehead atoms. The second-order valence-electron chi connectivity index (χ2n) is 13.6. The lowest BCUT2D eigenvalue weighted by molar-refractivity contribution is -0.192. The molecule has 1 amide bonds. The van der Waals surface area contributed by atoms with Gasteiger partial charge in [0.05, 0.1) is 0 Å². The van der Waals surface area contributed by atoms with Crippen molar-refractivity contribution in [1.29, 1.82) is 0 Å². The summed E-state index contributed by atoms with van der Waals surface area (Å²) in [5.74, 6) is -1.65. The number of halogens is 3. The zero-order valence-electron chi connectivity index (χ0n) is 27.9. The van der Waals surface area contributed by atoms with Gasteiger partial charge in [0.2, 0.25) is 5.91 Å². The topological polar surface area (TPSA) is 76.1 Å². The van der Waals surface area contributed by atoms with E-state index in [1.165, 1.54) is 73.6 Å². The highest BCUT2D eigenvalue weighted by molar-refractivity contribution is 5.76. The fourth-order valence-electron chi connectivity index (χ4n) is 6.86. The molecule has 2 aliphatic carbocycles. The molecule has 2 aromatic carbocycles. The van der Waals surface area contributed by atoms with E-state index >= 15 is 0 Å². The largest absolute Gasteiger partial charge is 0.490 e. The van der Waals surface area contributed by atoms with Crippen LogP contribution in [-0.2, 0) is 22.7 Å². The smallest absolute Gasteiger partial charge is 0.475 e. The number of amides is 1. The molecule has 2 N–H and O–H groups in total. The zero-order valence-corrected chi connectivity index (χ0v) is 27.9. The Balaban J connectivity index is 0.000000644. The zero-order chi connectivity index (χ0) is 33.6. The number of likely N-dealkylation sites (N-methyl/N-ethyl adjacent to an activating group) is 1. The maximum absolute atomic E-state index is 13.4. The molecule has 3 aliphatic rings. The van der Waals surface area contributed by atoms with Crippen molar-refractivity contribution in [2.75, 3.05) is 46.3 Å². The Morgan fingerprint density at radius 2 is 1.38 bits per heavy atom. The Kier molecular flexibility index (Phi) is 14.6. The number of rotatable bonds is 13. The van der Waals surface area contributed by atoms with Crippen LogP contribution in [0.5, 0.6) is 0 Å². The summed E-state index contributed by atoms with van der Waals surface area (Å²) in [5, 5.41) is 10.8. The van der Waals surface area contributed by atoms with Crippen LogP contribution in [0.2, 0.25) is 0 Å². The first kappa shape index (κ1) is 36.9. The number of carbonyl (C=O) groups excluding carboxylic acids is 1. The number of alkyl halides is 3. The van der Waals surface area contributed by atoms with Gasteiger partial charge in [-0.05, 0) is 67.4 Å². The number of piperazine rings is 1. The molecule has 1 aliphatic heterocycles. The molecule has 2 saturated carbocycles. The summed E-state index contributed by atoms with van der Waals surface area (Å²) in [4.78, 5) is 29.4. The molecule has 5 rings (SSSR count). The molecule has 0 atom stereocenters. The summed E-state index contributed by atoms with van der Waals surface area (Å²) in [6.45, 7) is 8.21. The minimum absolute atomic E-state index is 0.344. The predicted octanol–water partition coefficient (Wildman–Crippen LogP) is 6.96. The van der Waals surface area contributed by atoms with Gasteiger partial charge < -0.3 is 25.1 Å². The lowest BCUT2D eigenvalue weighted by Crippen LogP contribution is -2.45. The molecule has 0 radical (unpaired) electrons. The molecule has 1 heterocycles. The number of carboxylic acids is 1. The summed E-state index contributed by atoms with van der Waals surface area (Å²) < 4.78 is 31.7. The van der Waals surface area contributed by atoms with Crippen molar-refractivity contribution in [2.24, 2.45) is 5.92 Å². The second-order valence-corrected chi connectivity index (χ2v) is 13.6. The molecule has 0 unspecified atom stereocenters. The number of carboxylic acid groups (broad SMARTS) is 1. The van der Waals surface area contributed by atoms with E-state index in [0.717, 1.165) is 71.1 Å². The van der Waals surface area contributed by atoms with E-state index in [1.54, 1.807) is 0 Å². The van der Waals surface area contributed by atoms with Crippen molar-refractivity contribution < 1.29 is 27.9 Å². The Hall–Kier alpha value is -2.95. The first-order valence-corrected chi connectivity index (χ1v) is 17.5. The fourth-order valence-corrected chi connectivity index (χ4v) is 6.86. The fraction of sp³-hybridized carbons (Fsp3) is 0.622. The maximum Gasteiger partial charge on any atom is 0.490 e. The average molecular weight is 659 g/mol. The molecule has 47 heavy (non-hydrogen) atoms. The van der Waals surface area contributed by atoms with E-state index in [-0.39, 0.29) is 0 Å². The van der Waals surface area contributed by atoms with Gasteiger partial charge in [-0.3, -0.25) is 4.79 Å². The van der Waals surface area contributed by atoms with Crippen molar-refractivity contribution in [3.8, 4) is 11.1 Å². The number of hydrogen-bond donors (Lipinski definition) is 2. The summed E-state index contributed by atoms with van der Waals surface area (Å²) in [6.07, 6.45) is 8.46. The summed E-state index contributed by atoms with van der Waals surface area (Å²) in [5.41, 5.74) is 5.09. The predicted molar refractivity (Wildman–Crippen MR) is 180 cm³/mol. The molecule has 10 heteroatoms. The van der Waals surface area contributed by atoms with Gasteiger partial charge in [-0.15, -0.1) is 0 Å². The molecular formula is C37H53F3N4O3. The van der Waals surface area contributed by atoms with Crippen LogP contribution in [0, 0.1) is 5.92 Å². The van der Waals surface area contributed by atoms with Gasteiger partial charge in [-0.1, -0.05) is 87.1 Å². The number of aliphatic carboxylic acids is 1. The van der Waals surface area contributed by atoms with Gasteiger partial charge in [0.1, 0.15) is 0 Å². The number of benzene rings is 2. The summed E-state index contributed by atoms with van der Waals surface area (Å²) in [7, 11) is 2.21. The molecule has 3 fully saturated rings. The van der Waals surface area contributed by atoms with Gasteiger partial charge in [0.15, 0.2) is 0 Å². The van der Waals surface area contributed by atoms with E-state index in [4.69, 9.17) is 9.90 Å². The lowest BCUT2D eigenvalue weighted by Gasteiger charge is -2.33. The summed E-state index contributed by atoms with van der Waals surface area (Å²) in [6, 6.07) is 18.6. The molecule has 1 saturated heterocycles. The van der Waals surface area contributed by atoms with Gasteiger partial charge >= 0.3 is 12.1 Å². The Morgan fingerprint density at radius 3 is 1.94 bits per heavy atom. The first-order chi connectivity index (χ1) is 22.6. The van der Waals surface area contributed by atoms with Crippen LogP contribution >= 0.6 is 0 Å². The normalized spacial score (nSPS) is 18.2. The quantitative estimate of drug-likeness (QED) is 0.243. The van der Waals surface area contributed by atoms with Gasteiger partial charge in [-0.25, -0.2) is 4.79 Å². The third-order valence-corrected chi connectivity index (χ3v) is 9.90. The van der Waals surface area contributed by atoms with Crippen molar-refractivity contribution in [2.45, 2.75) is 95.9 Å². The second kappa shape index (κ2) is 18.6. The number of carbonyl (C=O) groups is 2. The van der Waals surface area contributed by atoms with Crippen LogP contribution in [0.3, 0.4) is 0 Å². The van der Waals surface area contributed by atoms with Crippen LogP contribution in [0.1, 0.15) is 81.8 Å². The number of nitrogens with zero attached hydrogens (tertiary/aromatic N) is 3. The Morgan fingerprint density at radius 1 is 0.851 bits per heavy atom. The van der Waals surface area contributed by atoms with Crippen LogP contribution < -0.4 is 5.32 Å². The van der Waals surface area contributed by atoms with Gasteiger partial charge in [0, 0.05) is 58.3 Å². The Bertz CT molecular complexity index is 1220. The highest BCUT2D eigenvalue weighted by Gasteiger charge is 2.38. The first-order valence-electron chi connectivity index (χ1n) is 17.5. The van der Waals surface area contributed by atoms with E-state index in [1.807, 2.05) is 0 Å². The third kappa shape index (κ3) is 12.9. The van der Waals surface area contributed by atoms with E-state index < -0.39 is 12.1 Å². The average Bonchev–Trinajstić information content (AvgIpc) is 3.79. The number of hydrogen-bond acceptors (Lipinski definition) is 5. The minimum atomic E-state index is -5.08. The molecule has 2 aromatic rings. The van der Waals surface area contributed by atoms with E-state index in [2.05, 4.69) is 75.6 Å². The molecule has 0 spiro atoms. The monoisotopic (exact) mass is 658 g/mol. The van der Waals surface area contributed by atoms with E-state index in [0.29, 0.717) is 18.4 Å². The van der Waals surface area contributed by atoms with E-state index in [9.17, 15) is 18.0 Å². The molecule has 0 aromatic heterocycles. The van der Waals surface area contributed by atoms with Crippen molar-refractivity contribution >= 4 is 11.9 Å². The maximum atomic E-state index is 13.4. The highest BCUT2D eigenvalue weighted by atomic mass is 19.4. The van der Waals surface area contributed by atoms with Crippen LogP contribution in [0.4, 0.5) is 13.2 Å². The van der Waals surface area contributed by atoms with Crippen LogP contribution in [0.25, 0.3) is 11.1 Å². The molecule has 260 valence electrons. The lowest BCUT2D eigenvalue weighted by atomic mass is 10.0. The van der Waals surface area contributed by atoms with Crippen LogP contribution in [0.15, 0.2) is 48.5 Å². The molecule has 7 nitrogen and oxygen atoms in total. The van der Waals surface area contributed by atoms with Crippen LogP contribution in [-0.4, -0.2) is 90.2 Å². The standard InChI is InChI=1S/C35H52N4O.C2HF3O2/c1-37-23-25-38(26-24-37)21-6-22-39(35(40)20-15-29-7-2-3-8-29)28-31-13-18-33(19-14-31)32-16-11-30(12-17-32)27-36-34-9-4-5-10-34;3-2(4,5)1(6)7/h11-14,16-19,29,34,36H,2-10,15,20-28H2,1H3;(H,6,7). The van der Waals surface area contributed by atoms with Crippen molar-refractivity contribution in [3.63, 3.8) is 0 Å². The van der Waals surface area contributed by atoms with Gasteiger partial charge in [-0.2, -0.15) is 13.2 Å². The summed E-state index contributed by atoms with van der Waals surface area (Å²) >= 11 is 0. The van der Waals surface area contributed by atoms with Crippen molar-refractivity contribution in [1.82, 2.24) is 20.0 Å². The Labute approximate surface area is 278 Å².